The molecular formula is C16H22FN5O. The Morgan fingerprint density at radius 3 is 2.70 bits per heavy atom. The number of hydrogen-bond donors (Lipinski definition) is 1. The molecule has 0 atom stereocenters. The van der Waals surface area contributed by atoms with Crippen LogP contribution < -0.4 is 5.32 Å². The molecule has 7 heteroatoms. The van der Waals surface area contributed by atoms with Gasteiger partial charge in [0, 0.05) is 26.1 Å². The van der Waals surface area contributed by atoms with Gasteiger partial charge in [0.15, 0.2) is 0 Å². The number of hydrogen-bond acceptors (Lipinski definition) is 4. The van der Waals surface area contributed by atoms with Gasteiger partial charge in [0.05, 0.1) is 0 Å². The third kappa shape index (κ3) is 3.73. The number of amides is 1. The van der Waals surface area contributed by atoms with Crippen molar-refractivity contribution in [2.24, 2.45) is 0 Å². The minimum atomic E-state index is -0.401. The molecule has 0 radical (unpaired) electrons. The third-order valence-corrected chi connectivity index (χ3v) is 3.46. The molecule has 2 rings (SSSR count). The summed E-state index contributed by atoms with van der Waals surface area (Å²) >= 11 is 0. The van der Waals surface area contributed by atoms with Crippen LogP contribution in [0.2, 0.25) is 0 Å². The van der Waals surface area contributed by atoms with Crippen molar-refractivity contribution >= 4 is 5.91 Å². The average Bonchev–Trinajstić information content (AvgIpc) is 2.97. The van der Waals surface area contributed by atoms with Crippen LogP contribution >= 0.6 is 0 Å². The van der Waals surface area contributed by atoms with E-state index >= 15 is 0 Å². The lowest BCUT2D eigenvalue weighted by Crippen LogP contribution is -2.33. The SMILES string of the molecule is CNCCN(C)C(=O)c1nc(C(C)C)n(-c2ccccc2F)n1. The topological polar surface area (TPSA) is 63.1 Å². The Morgan fingerprint density at radius 2 is 2.09 bits per heavy atom. The highest BCUT2D eigenvalue weighted by molar-refractivity contribution is 5.90. The molecule has 1 aromatic heterocycles. The molecule has 23 heavy (non-hydrogen) atoms. The van der Waals surface area contributed by atoms with Crippen molar-refractivity contribution in [1.82, 2.24) is 25.0 Å². The Hall–Kier alpha value is -2.28. The molecule has 0 unspecified atom stereocenters. The Labute approximate surface area is 135 Å². The summed E-state index contributed by atoms with van der Waals surface area (Å²) in [5.41, 5.74) is 0.292. The zero-order chi connectivity index (χ0) is 17.0. The van der Waals surface area contributed by atoms with E-state index in [2.05, 4.69) is 15.4 Å². The number of halogens is 1. The van der Waals surface area contributed by atoms with Crippen LogP contribution in [-0.2, 0) is 0 Å². The number of carbonyl (C=O) groups is 1. The number of aromatic nitrogens is 3. The van der Waals surface area contributed by atoms with Gasteiger partial charge >= 0.3 is 0 Å². The summed E-state index contributed by atoms with van der Waals surface area (Å²) in [7, 11) is 3.51. The molecule has 1 heterocycles. The fourth-order valence-corrected chi connectivity index (χ4v) is 2.14. The van der Waals surface area contributed by atoms with Gasteiger partial charge in [-0.1, -0.05) is 26.0 Å². The standard InChI is InChI=1S/C16H22FN5O/c1-11(2)15-19-14(16(23)21(4)10-9-18-3)20-22(15)13-8-6-5-7-12(13)17/h5-8,11,18H,9-10H2,1-4H3. The summed E-state index contributed by atoms with van der Waals surface area (Å²) in [5.74, 6) is -0.0404. The number of carbonyl (C=O) groups excluding carboxylic acids is 1. The third-order valence-electron chi connectivity index (χ3n) is 3.46. The zero-order valence-electron chi connectivity index (χ0n) is 13.9. The maximum Gasteiger partial charge on any atom is 0.293 e. The first-order valence-corrected chi connectivity index (χ1v) is 7.57. The van der Waals surface area contributed by atoms with Crippen LogP contribution in [0.3, 0.4) is 0 Å². The van der Waals surface area contributed by atoms with E-state index in [1.165, 1.54) is 10.7 Å². The van der Waals surface area contributed by atoms with Gasteiger partial charge in [-0.15, -0.1) is 5.10 Å². The summed E-state index contributed by atoms with van der Waals surface area (Å²) in [6, 6.07) is 6.32. The van der Waals surface area contributed by atoms with Crippen LogP contribution in [-0.4, -0.2) is 52.8 Å². The van der Waals surface area contributed by atoms with E-state index < -0.39 is 5.82 Å². The molecule has 1 N–H and O–H groups in total. The summed E-state index contributed by atoms with van der Waals surface area (Å²) < 4.78 is 15.5. The first-order chi connectivity index (χ1) is 11.0. The van der Waals surface area contributed by atoms with Crippen molar-refractivity contribution in [2.45, 2.75) is 19.8 Å². The molecule has 0 aliphatic carbocycles. The van der Waals surface area contributed by atoms with E-state index in [1.807, 2.05) is 20.9 Å². The fraction of sp³-hybridized carbons (Fsp3) is 0.438. The molecule has 124 valence electrons. The Morgan fingerprint density at radius 1 is 1.39 bits per heavy atom. The number of para-hydroxylation sites is 1. The highest BCUT2D eigenvalue weighted by atomic mass is 19.1. The van der Waals surface area contributed by atoms with Gasteiger partial charge in [0.2, 0.25) is 5.82 Å². The average molecular weight is 319 g/mol. The molecular weight excluding hydrogens is 297 g/mol. The molecule has 0 saturated heterocycles. The zero-order valence-corrected chi connectivity index (χ0v) is 13.9. The van der Waals surface area contributed by atoms with Gasteiger partial charge in [-0.25, -0.2) is 14.1 Å². The van der Waals surface area contributed by atoms with Crippen LogP contribution in [0.15, 0.2) is 24.3 Å². The van der Waals surface area contributed by atoms with Crippen LogP contribution in [0.5, 0.6) is 0 Å². The summed E-state index contributed by atoms with van der Waals surface area (Å²) in [5, 5.41) is 7.23. The van der Waals surface area contributed by atoms with Gasteiger partial charge in [-0.3, -0.25) is 4.79 Å². The van der Waals surface area contributed by atoms with Crippen molar-refractivity contribution in [1.29, 1.82) is 0 Å². The fourth-order valence-electron chi connectivity index (χ4n) is 2.14. The molecule has 1 aromatic carbocycles. The van der Waals surface area contributed by atoms with E-state index in [9.17, 15) is 9.18 Å². The normalized spacial score (nSPS) is 11.0. The second-order valence-electron chi connectivity index (χ2n) is 5.64. The van der Waals surface area contributed by atoms with Gasteiger partial charge in [-0.2, -0.15) is 0 Å². The van der Waals surface area contributed by atoms with Crippen LogP contribution in [0.1, 0.15) is 36.2 Å². The largest absolute Gasteiger partial charge is 0.338 e. The lowest BCUT2D eigenvalue weighted by atomic mass is 10.2. The molecule has 1 amide bonds. The maximum absolute atomic E-state index is 14.1. The Kier molecular flexibility index (Phi) is 5.44. The first kappa shape index (κ1) is 17.1. The van der Waals surface area contributed by atoms with E-state index in [-0.39, 0.29) is 17.6 Å². The number of likely N-dealkylation sites (N-methyl/N-ethyl adjacent to an activating group) is 2. The Balaban J connectivity index is 2.40. The lowest BCUT2D eigenvalue weighted by Gasteiger charge is -2.14. The summed E-state index contributed by atoms with van der Waals surface area (Å²) in [4.78, 5) is 18.3. The number of rotatable bonds is 6. The predicted molar refractivity (Wildman–Crippen MR) is 86.3 cm³/mol. The highest BCUT2D eigenvalue weighted by Gasteiger charge is 2.22. The maximum atomic E-state index is 14.1. The molecule has 0 aliphatic rings. The highest BCUT2D eigenvalue weighted by Crippen LogP contribution is 2.20. The van der Waals surface area contributed by atoms with E-state index in [1.54, 1.807) is 30.1 Å². The van der Waals surface area contributed by atoms with Crippen LogP contribution in [0.4, 0.5) is 4.39 Å². The van der Waals surface area contributed by atoms with Gasteiger partial charge in [-0.05, 0) is 19.2 Å². The monoisotopic (exact) mass is 319 g/mol. The second-order valence-corrected chi connectivity index (χ2v) is 5.64. The number of nitrogens with zero attached hydrogens (tertiary/aromatic N) is 4. The molecule has 0 spiro atoms. The quantitative estimate of drug-likeness (QED) is 0.882. The minimum absolute atomic E-state index is 0.00581. The van der Waals surface area contributed by atoms with Crippen molar-refractivity contribution in [2.75, 3.05) is 27.2 Å². The van der Waals surface area contributed by atoms with Gasteiger partial charge in [0.1, 0.15) is 17.3 Å². The molecule has 2 aromatic rings. The van der Waals surface area contributed by atoms with Crippen molar-refractivity contribution in [3.05, 3.63) is 41.7 Å². The van der Waals surface area contributed by atoms with Crippen molar-refractivity contribution in [3.63, 3.8) is 0 Å². The predicted octanol–water partition coefficient (Wildman–Crippen LogP) is 1.82. The van der Waals surface area contributed by atoms with Crippen LogP contribution in [0.25, 0.3) is 5.69 Å². The second kappa shape index (κ2) is 7.32. The van der Waals surface area contributed by atoms with E-state index in [4.69, 9.17) is 0 Å². The molecule has 0 fully saturated rings. The smallest absolute Gasteiger partial charge is 0.293 e. The van der Waals surface area contributed by atoms with E-state index in [0.29, 0.717) is 24.6 Å². The van der Waals surface area contributed by atoms with Gasteiger partial charge in [0.25, 0.3) is 5.91 Å². The van der Waals surface area contributed by atoms with E-state index in [0.717, 1.165) is 0 Å². The number of benzene rings is 1. The molecule has 0 bridgehead atoms. The molecule has 6 nitrogen and oxygen atoms in total. The first-order valence-electron chi connectivity index (χ1n) is 7.57. The van der Waals surface area contributed by atoms with Gasteiger partial charge < -0.3 is 10.2 Å². The number of nitrogens with one attached hydrogen (secondary N) is 1. The minimum Gasteiger partial charge on any atom is -0.338 e. The van der Waals surface area contributed by atoms with Crippen LogP contribution in [0, 0.1) is 5.82 Å². The van der Waals surface area contributed by atoms with Crippen molar-refractivity contribution in [3.8, 4) is 5.69 Å². The Bertz CT molecular complexity index is 683. The molecule has 0 saturated carbocycles. The van der Waals surface area contributed by atoms with Crippen molar-refractivity contribution < 1.29 is 9.18 Å². The lowest BCUT2D eigenvalue weighted by molar-refractivity contribution is 0.0785. The summed E-state index contributed by atoms with van der Waals surface area (Å²) in [6.07, 6.45) is 0. The molecule has 0 aliphatic heterocycles. The summed E-state index contributed by atoms with van der Waals surface area (Å²) in [6.45, 7) is 5.08.